The van der Waals surface area contributed by atoms with E-state index in [1.807, 2.05) is 42.5 Å². The summed E-state index contributed by atoms with van der Waals surface area (Å²) in [6.07, 6.45) is 2.45. The molecule has 0 bridgehead atoms. The van der Waals surface area contributed by atoms with Crippen LogP contribution < -0.4 is 19.7 Å². The average molecular weight is 395 g/mol. The second-order valence-electron chi connectivity index (χ2n) is 7.35. The van der Waals surface area contributed by atoms with Crippen molar-refractivity contribution in [3.05, 3.63) is 48.0 Å². The zero-order valence-electron chi connectivity index (χ0n) is 16.5. The first-order valence-electron chi connectivity index (χ1n) is 9.87. The van der Waals surface area contributed by atoms with E-state index in [4.69, 9.17) is 9.47 Å². The summed E-state index contributed by atoms with van der Waals surface area (Å²) in [5.41, 5.74) is 2.78. The highest BCUT2D eigenvalue weighted by Gasteiger charge is 2.18. The summed E-state index contributed by atoms with van der Waals surface area (Å²) in [5.74, 6) is 0.962. The second-order valence-corrected chi connectivity index (χ2v) is 7.35. The van der Waals surface area contributed by atoms with Crippen LogP contribution in [0.3, 0.4) is 0 Å². The van der Waals surface area contributed by atoms with Crippen molar-refractivity contribution in [1.29, 1.82) is 0 Å². The van der Waals surface area contributed by atoms with Gasteiger partial charge < -0.3 is 24.6 Å². The molecule has 152 valence electrons. The molecule has 7 nitrogen and oxygen atoms in total. The number of carbonyl (C=O) groups excluding carboxylic acids is 2. The molecule has 0 spiro atoms. The van der Waals surface area contributed by atoms with Gasteiger partial charge in [0.25, 0.3) is 0 Å². The van der Waals surface area contributed by atoms with E-state index in [1.165, 1.54) is 30.4 Å². The van der Waals surface area contributed by atoms with Crippen molar-refractivity contribution in [1.82, 2.24) is 4.90 Å². The number of benzene rings is 2. The zero-order valence-corrected chi connectivity index (χ0v) is 16.5. The SMILES string of the molecule is CC(=O)N(CC(=O)Nc1ccc(N2CCCC2)cc1)Cc1ccc2c(c1)OCO2. The predicted octanol–water partition coefficient (Wildman–Crippen LogP) is 3.00. The summed E-state index contributed by atoms with van der Waals surface area (Å²) in [5, 5.41) is 2.88. The summed E-state index contributed by atoms with van der Waals surface area (Å²) in [6, 6.07) is 13.4. The lowest BCUT2D eigenvalue weighted by molar-refractivity contribution is -0.133. The van der Waals surface area contributed by atoms with Crippen molar-refractivity contribution >= 4 is 23.2 Å². The third kappa shape index (κ3) is 4.62. The Morgan fingerprint density at radius 2 is 1.76 bits per heavy atom. The van der Waals surface area contributed by atoms with Crippen LogP contribution in [-0.2, 0) is 16.1 Å². The van der Waals surface area contributed by atoms with Crippen molar-refractivity contribution in [3.8, 4) is 11.5 Å². The quantitative estimate of drug-likeness (QED) is 0.814. The van der Waals surface area contributed by atoms with Crippen LogP contribution >= 0.6 is 0 Å². The van der Waals surface area contributed by atoms with Crippen LogP contribution in [0.1, 0.15) is 25.3 Å². The summed E-state index contributed by atoms with van der Waals surface area (Å²) in [6.45, 7) is 4.14. The van der Waals surface area contributed by atoms with Gasteiger partial charge in [-0.05, 0) is 54.8 Å². The van der Waals surface area contributed by atoms with Gasteiger partial charge in [0.05, 0.1) is 0 Å². The van der Waals surface area contributed by atoms with Gasteiger partial charge in [0.1, 0.15) is 6.54 Å². The third-order valence-electron chi connectivity index (χ3n) is 5.21. The molecule has 1 N–H and O–H groups in total. The molecular formula is C22H25N3O4. The highest BCUT2D eigenvalue weighted by Crippen LogP contribution is 2.32. The predicted molar refractivity (Wildman–Crippen MR) is 110 cm³/mol. The van der Waals surface area contributed by atoms with Crippen LogP contribution in [0.5, 0.6) is 11.5 Å². The maximum Gasteiger partial charge on any atom is 0.244 e. The molecule has 0 aromatic heterocycles. The van der Waals surface area contributed by atoms with Crippen molar-refractivity contribution in [2.45, 2.75) is 26.3 Å². The van der Waals surface area contributed by atoms with Gasteiger partial charge in [-0.1, -0.05) is 6.07 Å². The van der Waals surface area contributed by atoms with Crippen LogP contribution in [0.15, 0.2) is 42.5 Å². The molecule has 0 atom stereocenters. The number of anilines is 2. The standard InChI is InChI=1S/C22H25N3O4/c1-16(26)25(13-17-4-9-20-21(12-17)29-15-28-20)14-22(27)23-18-5-7-19(8-6-18)24-10-2-3-11-24/h4-9,12H,2-3,10-11,13-15H2,1H3,(H,23,27). The van der Waals surface area contributed by atoms with Gasteiger partial charge in [-0.25, -0.2) is 0 Å². The molecule has 7 heteroatoms. The molecule has 2 amide bonds. The van der Waals surface area contributed by atoms with Crippen LogP contribution in [0.2, 0.25) is 0 Å². The number of fused-ring (bicyclic) bond motifs is 1. The molecule has 0 radical (unpaired) electrons. The minimum Gasteiger partial charge on any atom is -0.454 e. The lowest BCUT2D eigenvalue weighted by Gasteiger charge is -2.21. The van der Waals surface area contributed by atoms with E-state index in [9.17, 15) is 9.59 Å². The number of ether oxygens (including phenoxy) is 2. The second kappa shape index (κ2) is 8.43. The number of nitrogens with one attached hydrogen (secondary N) is 1. The number of nitrogens with zero attached hydrogens (tertiary/aromatic N) is 2. The Labute approximate surface area is 170 Å². The minimum atomic E-state index is -0.227. The Hall–Kier alpha value is -3.22. The topological polar surface area (TPSA) is 71.1 Å². The monoisotopic (exact) mass is 395 g/mol. The van der Waals surface area contributed by atoms with Crippen LogP contribution in [-0.4, -0.2) is 43.1 Å². The van der Waals surface area contributed by atoms with Crippen molar-refractivity contribution in [2.75, 3.05) is 36.6 Å². The number of hydrogen-bond donors (Lipinski definition) is 1. The Bertz CT molecular complexity index is 891. The molecule has 2 heterocycles. The van der Waals surface area contributed by atoms with Crippen molar-refractivity contribution in [3.63, 3.8) is 0 Å². The fourth-order valence-electron chi connectivity index (χ4n) is 3.64. The van der Waals surface area contributed by atoms with Gasteiger partial charge in [0.2, 0.25) is 18.6 Å². The van der Waals surface area contributed by atoms with E-state index in [0.717, 1.165) is 24.3 Å². The fourth-order valence-corrected chi connectivity index (χ4v) is 3.64. The first kappa shape index (κ1) is 19.1. The first-order valence-corrected chi connectivity index (χ1v) is 9.87. The largest absolute Gasteiger partial charge is 0.454 e. The number of hydrogen-bond acceptors (Lipinski definition) is 5. The van der Waals surface area contributed by atoms with Gasteiger partial charge in [-0.15, -0.1) is 0 Å². The maximum atomic E-state index is 12.5. The van der Waals surface area contributed by atoms with Crippen LogP contribution in [0.25, 0.3) is 0 Å². The third-order valence-corrected chi connectivity index (χ3v) is 5.21. The van der Waals surface area contributed by atoms with E-state index >= 15 is 0 Å². The molecule has 0 unspecified atom stereocenters. The molecule has 1 fully saturated rings. The van der Waals surface area contributed by atoms with E-state index in [1.54, 1.807) is 0 Å². The lowest BCUT2D eigenvalue weighted by Crippen LogP contribution is -2.36. The van der Waals surface area contributed by atoms with Gasteiger partial charge in [0.15, 0.2) is 11.5 Å². The Morgan fingerprint density at radius 3 is 2.48 bits per heavy atom. The van der Waals surface area contributed by atoms with Crippen molar-refractivity contribution in [2.24, 2.45) is 0 Å². The molecule has 29 heavy (non-hydrogen) atoms. The fraction of sp³-hybridized carbons (Fsp3) is 0.364. The Balaban J connectivity index is 1.35. The molecule has 1 saturated heterocycles. The molecule has 0 saturated carbocycles. The zero-order chi connectivity index (χ0) is 20.2. The van der Waals surface area contributed by atoms with Gasteiger partial charge >= 0.3 is 0 Å². The minimum absolute atomic E-state index is 0.0162. The lowest BCUT2D eigenvalue weighted by atomic mass is 10.2. The molecular weight excluding hydrogens is 370 g/mol. The van der Waals surface area contributed by atoms with E-state index in [2.05, 4.69) is 10.2 Å². The maximum absolute atomic E-state index is 12.5. The molecule has 2 aliphatic heterocycles. The molecule has 2 aliphatic rings. The highest BCUT2D eigenvalue weighted by atomic mass is 16.7. The van der Waals surface area contributed by atoms with Crippen molar-refractivity contribution < 1.29 is 19.1 Å². The Kier molecular flexibility index (Phi) is 5.55. The average Bonchev–Trinajstić information content (AvgIpc) is 3.39. The molecule has 2 aromatic rings. The van der Waals surface area contributed by atoms with Gasteiger partial charge in [-0.3, -0.25) is 9.59 Å². The normalized spacial score (nSPS) is 14.7. The Morgan fingerprint density at radius 1 is 1.03 bits per heavy atom. The van der Waals surface area contributed by atoms with Gasteiger partial charge in [-0.2, -0.15) is 0 Å². The van der Waals surface area contributed by atoms with E-state index < -0.39 is 0 Å². The van der Waals surface area contributed by atoms with Gasteiger partial charge in [0, 0.05) is 37.9 Å². The highest BCUT2D eigenvalue weighted by molar-refractivity contribution is 5.94. The number of amides is 2. The van der Waals surface area contributed by atoms with E-state index in [0.29, 0.717) is 18.0 Å². The molecule has 4 rings (SSSR count). The summed E-state index contributed by atoms with van der Waals surface area (Å²) >= 11 is 0. The number of carbonyl (C=O) groups is 2. The van der Waals surface area contributed by atoms with Crippen LogP contribution in [0, 0.1) is 0 Å². The smallest absolute Gasteiger partial charge is 0.244 e. The van der Waals surface area contributed by atoms with Crippen LogP contribution in [0.4, 0.5) is 11.4 Å². The first-order chi connectivity index (χ1) is 14.1. The molecule has 2 aromatic carbocycles. The summed E-state index contributed by atoms with van der Waals surface area (Å²) in [4.78, 5) is 28.4. The number of rotatable bonds is 6. The summed E-state index contributed by atoms with van der Waals surface area (Å²) < 4.78 is 10.7. The summed E-state index contributed by atoms with van der Waals surface area (Å²) in [7, 11) is 0. The molecule has 0 aliphatic carbocycles. The van der Waals surface area contributed by atoms with E-state index in [-0.39, 0.29) is 25.2 Å².